The van der Waals surface area contributed by atoms with Crippen molar-refractivity contribution in [3.63, 3.8) is 0 Å². The van der Waals surface area contributed by atoms with E-state index in [0.717, 1.165) is 5.01 Å². The van der Waals surface area contributed by atoms with Gasteiger partial charge < -0.3 is 10.2 Å². The first-order valence-corrected chi connectivity index (χ1v) is 5.23. The number of aromatic nitrogens is 1. The van der Waals surface area contributed by atoms with Gasteiger partial charge in [0.25, 0.3) is 5.72 Å². The van der Waals surface area contributed by atoms with E-state index < -0.39 is 11.7 Å². The summed E-state index contributed by atoms with van der Waals surface area (Å²) in [6.07, 6.45) is 1.36. The molecule has 0 aromatic carbocycles. The van der Waals surface area contributed by atoms with Gasteiger partial charge in [-0.1, -0.05) is 11.6 Å². The highest BCUT2D eigenvalue weighted by atomic mass is 35.5. The van der Waals surface area contributed by atoms with Crippen LogP contribution in [0.5, 0.6) is 0 Å². The third-order valence-corrected chi connectivity index (χ3v) is 2.70. The fraction of sp³-hybridized carbons (Fsp3) is 0.300. The van der Waals surface area contributed by atoms with E-state index in [2.05, 4.69) is 10.1 Å². The summed E-state index contributed by atoms with van der Waals surface area (Å²) in [5.74, 6) is -1.27. The summed E-state index contributed by atoms with van der Waals surface area (Å²) in [6, 6.07) is 3.16. The number of rotatable bonds is 2. The lowest BCUT2D eigenvalue weighted by molar-refractivity contribution is -0.157. The largest absolute Gasteiger partial charge is 0.478 e. The van der Waals surface area contributed by atoms with Crippen LogP contribution < -0.4 is 5.01 Å². The molecule has 0 amide bonds. The molecule has 7 heteroatoms. The van der Waals surface area contributed by atoms with Crippen molar-refractivity contribution in [2.45, 2.75) is 19.1 Å². The van der Waals surface area contributed by atoms with Crippen LogP contribution in [0.1, 0.15) is 13.3 Å². The number of hydrogen-bond acceptors (Lipinski definition) is 5. The highest BCUT2D eigenvalue weighted by Crippen LogP contribution is 2.34. The molecule has 2 heterocycles. The highest BCUT2D eigenvalue weighted by molar-refractivity contribution is 6.33. The summed E-state index contributed by atoms with van der Waals surface area (Å²) in [6.45, 7) is 1.63. The van der Waals surface area contributed by atoms with Crippen molar-refractivity contribution in [3.8, 4) is 0 Å². The summed E-state index contributed by atoms with van der Waals surface area (Å²) < 4.78 is 0. The zero-order chi connectivity index (χ0) is 12.6. The van der Waals surface area contributed by atoms with Gasteiger partial charge in [0.1, 0.15) is 0 Å². The third-order valence-electron chi connectivity index (χ3n) is 2.41. The number of hydrazone groups is 1. The molecule has 17 heavy (non-hydrogen) atoms. The lowest BCUT2D eigenvalue weighted by atomic mass is 10.1. The van der Waals surface area contributed by atoms with Crippen molar-refractivity contribution >= 4 is 29.1 Å². The number of pyridine rings is 1. The van der Waals surface area contributed by atoms with Crippen molar-refractivity contribution in [2.24, 2.45) is 5.10 Å². The molecule has 1 aliphatic rings. The second kappa shape index (κ2) is 3.97. The van der Waals surface area contributed by atoms with Gasteiger partial charge in [0.2, 0.25) is 0 Å². The Morgan fingerprint density at radius 1 is 1.65 bits per heavy atom. The number of aliphatic carboxylic acids is 1. The van der Waals surface area contributed by atoms with E-state index in [1.807, 2.05) is 0 Å². The summed E-state index contributed by atoms with van der Waals surface area (Å²) in [7, 11) is 0. The van der Waals surface area contributed by atoms with E-state index in [4.69, 9.17) is 16.7 Å². The smallest absolute Gasteiger partial charge is 0.359 e. The fourth-order valence-electron chi connectivity index (χ4n) is 1.64. The fourth-order valence-corrected chi connectivity index (χ4v) is 1.84. The first kappa shape index (κ1) is 11.8. The van der Waals surface area contributed by atoms with Gasteiger partial charge in [0, 0.05) is 18.3 Å². The normalized spacial score (nSPS) is 23.7. The number of anilines is 1. The molecule has 90 valence electrons. The molecule has 2 N–H and O–H groups in total. The number of carboxylic acids is 1. The molecule has 0 bridgehead atoms. The molecule has 1 aromatic rings. The van der Waals surface area contributed by atoms with Gasteiger partial charge in [-0.2, -0.15) is 5.10 Å². The van der Waals surface area contributed by atoms with Crippen molar-refractivity contribution in [1.29, 1.82) is 0 Å². The maximum atomic E-state index is 11.1. The van der Waals surface area contributed by atoms with Crippen LogP contribution in [-0.2, 0) is 4.79 Å². The molecule has 0 saturated carbocycles. The Balaban J connectivity index is 2.50. The van der Waals surface area contributed by atoms with Crippen molar-refractivity contribution in [2.75, 3.05) is 5.01 Å². The second-order valence-corrected chi connectivity index (χ2v) is 4.16. The van der Waals surface area contributed by atoms with Crippen LogP contribution in [0.3, 0.4) is 0 Å². The molecule has 1 aromatic heterocycles. The Morgan fingerprint density at radius 3 is 2.94 bits per heavy atom. The van der Waals surface area contributed by atoms with Gasteiger partial charge in [0.15, 0.2) is 5.82 Å². The number of halogens is 1. The first-order chi connectivity index (χ1) is 7.95. The van der Waals surface area contributed by atoms with E-state index in [0.29, 0.717) is 5.71 Å². The zero-order valence-corrected chi connectivity index (χ0v) is 9.72. The molecule has 6 nitrogen and oxygen atoms in total. The summed E-state index contributed by atoms with van der Waals surface area (Å²) in [5.41, 5.74) is -1.63. The molecule has 0 radical (unpaired) electrons. The molecule has 0 spiro atoms. The van der Waals surface area contributed by atoms with Crippen LogP contribution >= 0.6 is 11.6 Å². The molecule has 0 saturated heterocycles. The first-order valence-electron chi connectivity index (χ1n) is 4.86. The number of aliphatic hydroxyl groups is 1. The van der Waals surface area contributed by atoms with Gasteiger partial charge in [-0.05, 0) is 19.1 Å². The van der Waals surface area contributed by atoms with E-state index >= 15 is 0 Å². The Kier molecular flexibility index (Phi) is 2.76. The Morgan fingerprint density at radius 2 is 2.35 bits per heavy atom. The van der Waals surface area contributed by atoms with E-state index in [-0.39, 0.29) is 17.3 Å². The predicted molar refractivity (Wildman–Crippen MR) is 62.0 cm³/mol. The molecule has 1 unspecified atom stereocenters. The maximum Gasteiger partial charge on any atom is 0.359 e. The molecular formula is C10H10ClN3O3. The predicted octanol–water partition coefficient (Wildman–Crippen LogP) is 1.09. The van der Waals surface area contributed by atoms with E-state index in [9.17, 15) is 9.90 Å². The minimum atomic E-state index is -2.12. The Hall–Kier alpha value is -1.66. The van der Waals surface area contributed by atoms with Crippen molar-refractivity contribution in [3.05, 3.63) is 23.4 Å². The van der Waals surface area contributed by atoms with Crippen LogP contribution in [0.2, 0.25) is 5.02 Å². The summed E-state index contributed by atoms with van der Waals surface area (Å²) in [4.78, 5) is 15.1. The van der Waals surface area contributed by atoms with E-state index in [1.54, 1.807) is 19.1 Å². The quantitative estimate of drug-likeness (QED) is 0.826. The molecule has 1 atom stereocenters. The average Bonchev–Trinajstić information content (AvgIpc) is 2.56. The van der Waals surface area contributed by atoms with Gasteiger partial charge >= 0.3 is 5.97 Å². The molecule has 0 aliphatic carbocycles. The molecule has 0 fully saturated rings. The summed E-state index contributed by atoms with van der Waals surface area (Å²) >= 11 is 5.91. The second-order valence-electron chi connectivity index (χ2n) is 3.75. The zero-order valence-electron chi connectivity index (χ0n) is 8.96. The van der Waals surface area contributed by atoms with Gasteiger partial charge in [-0.25, -0.2) is 14.8 Å². The number of carboxylic acid groups (broad SMARTS) is 1. The SMILES string of the molecule is CC1=NN(c2ncccc2Cl)C(O)(C(=O)O)C1. The van der Waals surface area contributed by atoms with Crippen LogP contribution in [0.15, 0.2) is 23.4 Å². The monoisotopic (exact) mass is 255 g/mol. The van der Waals surface area contributed by atoms with Crippen molar-refractivity contribution < 1.29 is 15.0 Å². The molecule has 2 rings (SSSR count). The lowest BCUT2D eigenvalue weighted by Gasteiger charge is -2.27. The number of nitrogens with zero attached hydrogens (tertiary/aromatic N) is 3. The standard InChI is InChI=1S/C10H10ClN3O3/c1-6-5-10(17,9(15)16)14(13-6)8-7(11)3-2-4-12-8/h2-4,17H,5H2,1H3,(H,15,16). The minimum absolute atomic E-state index is 0.0881. The number of carbonyl (C=O) groups is 1. The average molecular weight is 256 g/mol. The number of hydrogen-bond donors (Lipinski definition) is 2. The van der Waals surface area contributed by atoms with Gasteiger partial charge in [0.05, 0.1) is 5.02 Å². The minimum Gasteiger partial charge on any atom is -0.478 e. The van der Waals surface area contributed by atoms with Gasteiger partial charge in [-0.3, -0.25) is 0 Å². The van der Waals surface area contributed by atoms with Crippen LogP contribution in [0, 0.1) is 0 Å². The van der Waals surface area contributed by atoms with Crippen LogP contribution in [0.25, 0.3) is 0 Å². The Labute approximate surface area is 102 Å². The Bertz CT molecular complexity index is 505. The molecular weight excluding hydrogens is 246 g/mol. The topological polar surface area (TPSA) is 86.0 Å². The summed E-state index contributed by atoms with van der Waals surface area (Å²) in [5, 5.41) is 24.3. The van der Waals surface area contributed by atoms with E-state index in [1.165, 1.54) is 6.20 Å². The van der Waals surface area contributed by atoms with Crippen molar-refractivity contribution in [1.82, 2.24) is 4.98 Å². The van der Waals surface area contributed by atoms with Crippen LogP contribution in [-0.4, -0.2) is 32.6 Å². The van der Waals surface area contributed by atoms with Crippen LogP contribution in [0.4, 0.5) is 5.82 Å². The maximum absolute atomic E-state index is 11.1. The highest BCUT2D eigenvalue weighted by Gasteiger charge is 2.49. The lowest BCUT2D eigenvalue weighted by Crippen LogP contribution is -2.50. The third kappa shape index (κ3) is 1.85. The molecule has 1 aliphatic heterocycles. The van der Waals surface area contributed by atoms with Gasteiger partial charge in [-0.15, -0.1) is 0 Å².